The molecule has 0 saturated carbocycles. The number of aliphatic hydroxyl groups is 1. The number of carbonyl (C=O) groups is 1. The first-order valence-corrected chi connectivity index (χ1v) is 5.96. The lowest BCUT2D eigenvalue weighted by Gasteiger charge is -2.19. The molecule has 1 aromatic rings. The summed E-state index contributed by atoms with van der Waals surface area (Å²) in [7, 11) is 0. The fraction of sp³-hybridized carbons (Fsp3) is 0.500. The van der Waals surface area contributed by atoms with Crippen molar-refractivity contribution in [3.8, 4) is 0 Å². The molecule has 6 heteroatoms. The average Bonchev–Trinajstić information content (AvgIpc) is 2.44. The predicted octanol–water partition coefficient (Wildman–Crippen LogP) is 3.24. The third kappa shape index (κ3) is 3.66. The van der Waals surface area contributed by atoms with Crippen molar-refractivity contribution in [3.63, 3.8) is 0 Å². The number of carbonyl (C=O) groups excluding carboxylic acids is 1. The summed E-state index contributed by atoms with van der Waals surface area (Å²) in [5.41, 5.74) is 0.440. The van der Waals surface area contributed by atoms with E-state index in [0.717, 1.165) is 0 Å². The molecule has 1 aromatic heterocycles. The summed E-state index contributed by atoms with van der Waals surface area (Å²) >= 11 is 7.13. The van der Waals surface area contributed by atoms with Gasteiger partial charge >= 0.3 is 6.09 Å². The van der Waals surface area contributed by atoms with Crippen LogP contribution in [-0.4, -0.2) is 16.8 Å². The summed E-state index contributed by atoms with van der Waals surface area (Å²) in [4.78, 5) is 11.5. The van der Waals surface area contributed by atoms with Gasteiger partial charge in [-0.15, -0.1) is 11.3 Å². The van der Waals surface area contributed by atoms with Gasteiger partial charge in [-0.25, -0.2) is 4.79 Å². The van der Waals surface area contributed by atoms with Gasteiger partial charge in [0, 0.05) is 5.56 Å². The molecule has 1 rings (SSSR count). The molecule has 1 amide bonds. The molecule has 0 saturated heterocycles. The summed E-state index contributed by atoms with van der Waals surface area (Å²) in [6, 6.07) is 0. The smallest absolute Gasteiger partial charge is 0.412 e. The first-order chi connectivity index (χ1) is 7.33. The minimum atomic E-state index is -0.581. The molecule has 0 aliphatic rings. The Balaban J connectivity index is 2.73. The van der Waals surface area contributed by atoms with Crippen LogP contribution < -0.4 is 5.32 Å². The molecule has 16 heavy (non-hydrogen) atoms. The van der Waals surface area contributed by atoms with Gasteiger partial charge in [-0.3, -0.25) is 5.32 Å². The summed E-state index contributed by atoms with van der Waals surface area (Å²) < 4.78 is 5.51. The molecule has 0 atom stereocenters. The van der Waals surface area contributed by atoms with E-state index in [9.17, 15) is 4.79 Å². The number of thiophene rings is 1. The van der Waals surface area contributed by atoms with Gasteiger partial charge in [0.15, 0.2) is 0 Å². The predicted molar refractivity (Wildman–Crippen MR) is 65.1 cm³/mol. The minimum Gasteiger partial charge on any atom is -0.444 e. The van der Waals surface area contributed by atoms with Crippen LogP contribution in [0.1, 0.15) is 26.3 Å². The van der Waals surface area contributed by atoms with Crippen molar-refractivity contribution in [2.45, 2.75) is 33.0 Å². The summed E-state index contributed by atoms with van der Waals surface area (Å²) in [5.74, 6) is 0. The number of nitrogens with one attached hydrogen (secondary N) is 1. The van der Waals surface area contributed by atoms with Crippen LogP contribution in [-0.2, 0) is 11.3 Å². The Kier molecular flexibility index (Phi) is 4.18. The average molecular weight is 264 g/mol. The maximum Gasteiger partial charge on any atom is 0.412 e. The number of hydrogen-bond donors (Lipinski definition) is 2. The van der Waals surface area contributed by atoms with Crippen LogP contribution in [0.2, 0.25) is 4.34 Å². The van der Waals surface area contributed by atoms with Crippen LogP contribution in [0.3, 0.4) is 0 Å². The normalized spacial score (nSPS) is 11.3. The highest BCUT2D eigenvalue weighted by Gasteiger charge is 2.19. The number of halogens is 1. The van der Waals surface area contributed by atoms with Crippen molar-refractivity contribution in [1.29, 1.82) is 0 Å². The van der Waals surface area contributed by atoms with Crippen molar-refractivity contribution >= 4 is 34.7 Å². The molecule has 90 valence electrons. The lowest BCUT2D eigenvalue weighted by atomic mass is 10.2. The van der Waals surface area contributed by atoms with Crippen molar-refractivity contribution in [2.75, 3.05) is 5.32 Å². The highest BCUT2D eigenvalue weighted by Crippen LogP contribution is 2.33. The molecule has 1 heterocycles. The third-order valence-corrected chi connectivity index (χ3v) is 2.89. The monoisotopic (exact) mass is 263 g/mol. The van der Waals surface area contributed by atoms with E-state index in [2.05, 4.69) is 5.32 Å². The Morgan fingerprint density at radius 3 is 2.75 bits per heavy atom. The molecule has 0 fully saturated rings. The standard InChI is InChI=1S/C10H14ClNO3S/c1-10(2,3)15-9(14)12-7-6(4-13)5-16-8(7)11/h5,13H,4H2,1-3H3,(H,12,14). The van der Waals surface area contributed by atoms with Crippen molar-refractivity contribution in [2.24, 2.45) is 0 Å². The second-order valence-electron chi connectivity index (χ2n) is 4.19. The molecule has 4 nitrogen and oxygen atoms in total. The topological polar surface area (TPSA) is 58.6 Å². The van der Waals surface area contributed by atoms with E-state index in [1.807, 2.05) is 0 Å². The van der Waals surface area contributed by atoms with Crippen LogP contribution in [0.4, 0.5) is 10.5 Å². The third-order valence-electron chi connectivity index (χ3n) is 1.62. The van der Waals surface area contributed by atoms with Gasteiger partial charge < -0.3 is 9.84 Å². The lowest BCUT2D eigenvalue weighted by Crippen LogP contribution is -2.27. The second kappa shape index (κ2) is 5.03. The largest absolute Gasteiger partial charge is 0.444 e. The number of rotatable bonds is 2. The van der Waals surface area contributed by atoms with Crippen LogP contribution in [0.15, 0.2) is 5.38 Å². The zero-order valence-electron chi connectivity index (χ0n) is 9.33. The molecule has 0 radical (unpaired) electrons. The van der Waals surface area contributed by atoms with E-state index >= 15 is 0 Å². The maximum absolute atomic E-state index is 11.5. The molecular weight excluding hydrogens is 250 g/mol. The molecule has 0 bridgehead atoms. The Morgan fingerprint density at radius 2 is 2.25 bits per heavy atom. The fourth-order valence-corrected chi connectivity index (χ4v) is 2.06. The Bertz CT molecular complexity index is 384. The van der Waals surface area contributed by atoms with E-state index in [4.69, 9.17) is 21.4 Å². The number of anilines is 1. The van der Waals surface area contributed by atoms with E-state index in [1.54, 1.807) is 26.2 Å². The maximum atomic E-state index is 11.5. The minimum absolute atomic E-state index is 0.172. The highest BCUT2D eigenvalue weighted by atomic mass is 35.5. The van der Waals surface area contributed by atoms with E-state index in [0.29, 0.717) is 15.6 Å². The molecule has 0 aliphatic heterocycles. The van der Waals surface area contributed by atoms with Gasteiger partial charge in [-0.2, -0.15) is 0 Å². The summed E-state index contributed by atoms with van der Waals surface area (Å²) in [5, 5.41) is 13.2. The van der Waals surface area contributed by atoms with Crippen LogP contribution >= 0.6 is 22.9 Å². The summed E-state index contributed by atoms with van der Waals surface area (Å²) in [6.07, 6.45) is -0.581. The first kappa shape index (κ1) is 13.3. The van der Waals surface area contributed by atoms with Crippen LogP contribution in [0.25, 0.3) is 0 Å². The van der Waals surface area contributed by atoms with Gasteiger partial charge in [-0.1, -0.05) is 11.6 Å². The van der Waals surface area contributed by atoms with Crippen molar-refractivity contribution < 1.29 is 14.6 Å². The van der Waals surface area contributed by atoms with Gasteiger partial charge in [0.1, 0.15) is 9.94 Å². The van der Waals surface area contributed by atoms with Crippen LogP contribution in [0.5, 0.6) is 0 Å². The van der Waals surface area contributed by atoms with Gasteiger partial charge in [0.2, 0.25) is 0 Å². The molecule has 0 spiro atoms. The quantitative estimate of drug-likeness (QED) is 0.861. The molecule has 2 N–H and O–H groups in total. The molecule has 0 unspecified atom stereocenters. The van der Waals surface area contributed by atoms with E-state index in [1.165, 1.54) is 11.3 Å². The van der Waals surface area contributed by atoms with E-state index < -0.39 is 11.7 Å². The number of ether oxygens (including phenoxy) is 1. The summed E-state index contributed by atoms with van der Waals surface area (Å²) in [6.45, 7) is 5.15. The number of amides is 1. The van der Waals surface area contributed by atoms with Gasteiger partial charge in [0.05, 0.1) is 12.3 Å². The van der Waals surface area contributed by atoms with Crippen molar-refractivity contribution in [1.82, 2.24) is 0 Å². The number of aliphatic hydroxyl groups excluding tert-OH is 1. The highest BCUT2D eigenvalue weighted by molar-refractivity contribution is 7.15. The molecule has 0 aromatic carbocycles. The van der Waals surface area contributed by atoms with Gasteiger partial charge in [0.25, 0.3) is 0 Å². The fourth-order valence-electron chi connectivity index (χ4n) is 1.02. The molecular formula is C10H14ClNO3S. The number of hydrogen-bond acceptors (Lipinski definition) is 4. The van der Waals surface area contributed by atoms with Crippen LogP contribution in [0, 0.1) is 0 Å². The van der Waals surface area contributed by atoms with E-state index in [-0.39, 0.29) is 6.61 Å². The SMILES string of the molecule is CC(C)(C)OC(=O)Nc1c(CO)csc1Cl. The molecule has 0 aliphatic carbocycles. The Morgan fingerprint density at radius 1 is 1.62 bits per heavy atom. The van der Waals surface area contributed by atoms with Gasteiger partial charge in [-0.05, 0) is 26.2 Å². The second-order valence-corrected chi connectivity index (χ2v) is 5.68. The lowest BCUT2D eigenvalue weighted by molar-refractivity contribution is 0.0636. The zero-order chi connectivity index (χ0) is 12.3. The zero-order valence-corrected chi connectivity index (χ0v) is 10.9. The first-order valence-electron chi connectivity index (χ1n) is 4.70. The Hall–Kier alpha value is -0.780. The Labute approximate surface area is 103 Å². The van der Waals surface area contributed by atoms with Crippen molar-refractivity contribution in [3.05, 3.63) is 15.3 Å².